The Balaban J connectivity index is 1.45. The first kappa shape index (κ1) is 19.3. The summed E-state index contributed by atoms with van der Waals surface area (Å²) in [6.07, 6.45) is 5.39. The summed E-state index contributed by atoms with van der Waals surface area (Å²) in [6, 6.07) is 7.01. The van der Waals surface area contributed by atoms with Crippen LogP contribution in [0, 0.1) is 13.8 Å². The van der Waals surface area contributed by atoms with Crippen LogP contribution in [-0.2, 0) is 4.79 Å². The second-order valence-electron chi connectivity index (χ2n) is 8.61. The van der Waals surface area contributed by atoms with Crippen LogP contribution in [0.3, 0.4) is 0 Å². The third-order valence-corrected chi connectivity index (χ3v) is 6.93. The Morgan fingerprint density at radius 2 is 1.75 bits per heavy atom. The van der Waals surface area contributed by atoms with E-state index in [4.69, 9.17) is 5.11 Å². The van der Waals surface area contributed by atoms with E-state index in [0.717, 1.165) is 49.2 Å². The standard InChI is InChI=1S/C23H33N4O/c1-16-8-7-11-21(17(16)2)27-19(4)22(18(3)24-27)23(28)26-14-12-25(13-15-26)20-9-5-6-10-20/h7-8,11,19-20H,5-6,9-10,12-15H2,1-4H3/q+1. The molecule has 1 unspecified atom stereocenters. The SMILES string of the molecule is CC1=C(C(=O)N2CCN(C3CCCC3)CC2)C(C)[N+](c2cccc(C)c2C)=N1. The number of rotatable bonds is 3. The molecule has 2 heterocycles. The van der Waals surface area contributed by atoms with Gasteiger partial charge in [-0.15, -0.1) is 0 Å². The largest absolute Gasteiger partial charge is 0.336 e. The van der Waals surface area contributed by atoms with Gasteiger partial charge >= 0.3 is 0 Å². The normalized spacial score (nSPS) is 24.2. The summed E-state index contributed by atoms with van der Waals surface area (Å²) < 4.78 is 2.03. The van der Waals surface area contributed by atoms with Gasteiger partial charge in [-0.25, -0.2) is 0 Å². The van der Waals surface area contributed by atoms with Gasteiger partial charge in [-0.3, -0.25) is 9.69 Å². The molecule has 0 radical (unpaired) electrons. The minimum absolute atomic E-state index is 0.0270. The zero-order chi connectivity index (χ0) is 19.8. The number of hydrogen-bond donors (Lipinski definition) is 0. The van der Waals surface area contributed by atoms with Crippen molar-refractivity contribution in [1.29, 1.82) is 0 Å². The van der Waals surface area contributed by atoms with E-state index in [-0.39, 0.29) is 11.9 Å². The predicted octanol–water partition coefficient (Wildman–Crippen LogP) is 4.16. The molecular formula is C23H33N4O+. The lowest BCUT2D eigenvalue weighted by atomic mass is 10.0. The summed E-state index contributed by atoms with van der Waals surface area (Å²) in [5, 5.41) is 4.77. The number of carbonyl (C=O) groups excluding carboxylic acids is 1. The van der Waals surface area contributed by atoms with Crippen molar-refractivity contribution in [2.24, 2.45) is 5.11 Å². The molecule has 5 heteroatoms. The van der Waals surface area contributed by atoms with Gasteiger partial charge in [-0.2, -0.15) is 0 Å². The van der Waals surface area contributed by atoms with Crippen LogP contribution in [0.2, 0.25) is 0 Å². The number of hydrogen-bond acceptors (Lipinski definition) is 3. The number of benzene rings is 1. The molecule has 150 valence electrons. The van der Waals surface area contributed by atoms with Crippen molar-refractivity contribution in [3.8, 4) is 0 Å². The van der Waals surface area contributed by atoms with Crippen molar-refractivity contribution >= 4 is 11.6 Å². The molecule has 1 atom stereocenters. The first-order valence-electron chi connectivity index (χ1n) is 10.8. The highest BCUT2D eigenvalue weighted by atomic mass is 16.2. The van der Waals surface area contributed by atoms with Gasteiger partial charge in [0.1, 0.15) is 11.3 Å². The van der Waals surface area contributed by atoms with E-state index < -0.39 is 0 Å². The third kappa shape index (κ3) is 3.41. The molecule has 28 heavy (non-hydrogen) atoms. The molecule has 4 rings (SSSR count). The number of aryl methyl sites for hydroxylation is 1. The molecule has 1 saturated heterocycles. The van der Waals surface area contributed by atoms with Crippen LogP contribution >= 0.6 is 0 Å². The van der Waals surface area contributed by atoms with Gasteiger partial charge in [-0.05, 0) is 44.3 Å². The summed E-state index contributed by atoms with van der Waals surface area (Å²) in [4.78, 5) is 18.0. The maximum Gasteiger partial charge on any atom is 0.258 e. The summed E-state index contributed by atoms with van der Waals surface area (Å²) in [5.74, 6) is 0.174. The van der Waals surface area contributed by atoms with Crippen molar-refractivity contribution in [3.05, 3.63) is 40.6 Å². The van der Waals surface area contributed by atoms with Crippen molar-refractivity contribution in [2.75, 3.05) is 26.2 Å². The van der Waals surface area contributed by atoms with Crippen molar-refractivity contribution < 1.29 is 9.49 Å². The molecule has 0 bridgehead atoms. The molecule has 1 aromatic carbocycles. The molecule has 1 saturated carbocycles. The fourth-order valence-electron chi connectivity index (χ4n) is 5.04. The summed E-state index contributed by atoms with van der Waals surface area (Å²) in [7, 11) is 0. The van der Waals surface area contributed by atoms with Crippen LogP contribution in [0.15, 0.2) is 34.6 Å². The van der Waals surface area contributed by atoms with E-state index in [1.165, 1.54) is 36.8 Å². The Labute approximate surface area is 168 Å². The number of amides is 1. The van der Waals surface area contributed by atoms with Gasteiger partial charge in [0.2, 0.25) is 11.7 Å². The minimum atomic E-state index is -0.0270. The van der Waals surface area contributed by atoms with Gasteiger partial charge in [0.15, 0.2) is 0 Å². The lowest BCUT2D eigenvalue weighted by Gasteiger charge is -2.38. The molecule has 2 aliphatic heterocycles. The van der Waals surface area contributed by atoms with Crippen molar-refractivity contribution in [3.63, 3.8) is 0 Å². The number of azo groups is 2. The zero-order valence-corrected chi connectivity index (χ0v) is 17.7. The second-order valence-corrected chi connectivity index (χ2v) is 8.61. The quantitative estimate of drug-likeness (QED) is 0.738. The summed E-state index contributed by atoms with van der Waals surface area (Å²) >= 11 is 0. The van der Waals surface area contributed by atoms with Gasteiger partial charge in [-0.1, -0.05) is 29.7 Å². The zero-order valence-electron chi connectivity index (χ0n) is 17.7. The summed E-state index contributed by atoms with van der Waals surface area (Å²) in [6.45, 7) is 12.0. The molecule has 3 aliphatic rings. The van der Waals surface area contributed by atoms with E-state index in [2.05, 4.69) is 43.9 Å². The van der Waals surface area contributed by atoms with E-state index in [9.17, 15) is 4.79 Å². The van der Waals surface area contributed by atoms with Crippen LogP contribution in [-0.4, -0.2) is 58.7 Å². The smallest absolute Gasteiger partial charge is 0.258 e. The van der Waals surface area contributed by atoms with Gasteiger partial charge < -0.3 is 4.90 Å². The molecule has 1 aliphatic carbocycles. The molecule has 0 N–H and O–H groups in total. The lowest BCUT2D eigenvalue weighted by molar-refractivity contribution is -0.529. The molecule has 5 nitrogen and oxygen atoms in total. The van der Waals surface area contributed by atoms with Crippen LogP contribution in [0.1, 0.15) is 50.7 Å². The Kier molecular flexibility index (Phi) is 5.37. The van der Waals surface area contributed by atoms with Gasteiger partial charge in [0, 0.05) is 50.8 Å². The Morgan fingerprint density at radius 3 is 2.43 bits per heavy atom. The predicted molar refractivity (Wildman–Crippen MR) is 111 cm³/mol. The average molecular weight is 382 g/mol. The van der Waals surface area contributed by atoms with E-state index in [0.29, 0.717) is 0 Å². The molecule has 0 spiro atoms. The Morgan fingerprint density at radius 1 is 1.07 bits per heavy atom. The fraction of sp³-hybridized carbons (Fsp3) is 0.609. The monoisotopic (exact) mass is 381 g/mol. The molecule has 1 aromatic rings. The number of piperazine rings is 1. The van der Waals surface area contributed by atoms with Gasteiger partial charge in [0.25, 0.3) is 5.91 Å². The van der Waals surface area contributed by atoms with Gasteiger partial charge in [0.05, 0.1) is 0 Å². The summed E-state index contributed by atoms with van der Waals surface area (Å²) in [5.41, 5.74) is 5.29. The van der Waals surface area contributed by atoms with Crippen LogP contribution in [0.25, 0.3) is 0 Å². The number of carbonyl (C=O) groups is 1. The number of allylic oxidation sites excluding steroid dienone is 1. The lowest BCUT2D eigenvalue weighted by Crippen LogP contribution is -2.52. The minimum Gasteiger partial charge on any atom is -0.336 e. The van der Waals surface area contributed by atoms with Crippen molar-refractivity contribution in [2.45, 2.75) is 65.5 Å². The molecule has 0 aromatic heterocycles. The van der Waals surface area contributed by atoms with Crippen LogP contribution < -0.4 is 0 Å². The fourth-order valence-corrected chi connectivity index (χ4v) is 5.04. The van der Waals surface area contributed by atoms with E-state index in [1.807, 2.05) is 16.5 Å². The topological polar surface area (TPSA) is 38.9 Å². The molecule has 1 amide bonds. The highest BCUT2D eigenvalue weighted by Crippen LogP contribution is 2.33. The second kappa shape index (κ2) is 7.78. The maximum absolute atomic E-state index is 13.3. The maximum atomic E-state index is 13.3. The highest BCUT2D eigenvalue weighted by Gasteiger charge is 2.40. The first-order chi connectivity index (χ1) is 13.5. The third-order valence-electron chi connectivity index (χ3n) is 6.93. The first-order valence-corrected chi connectivity index (χ1v) is 10.8. The molecule has 2 fully saturated rings. The highest BCUT2D eigenvalue weighted by molar-refractivity contribution is 5.95. The number of nitrogens with zero attached hydrogens (tertiary/aromatic N) is 4. The molecular weight excluding hydrogens is 348 g/mol. The van der Waals surface area contributed by atoms with Crippen molar-refractivity contribution in [1.82, 2.24) is 9.80 Å². The average Bonchev–Trinajstić information content (AvgIpc) is 3.32. The van der Waals surface area contributed by atoms with E-state index >= 15 is 0 Å². The van der Waals surface area contributed by atoms with Crippen LogP contribution in [0.4, 0.5) is 5.69 Å². The van der Waals surface area contributed by atoms with Crippen LogP contribution in [0.5, 0.6) is 0 Å². The van der Waals surface area contributed by atoms with E-state index in [1.54, 1.807) is 0 Å². The Hall–Kier alpha value is -2.01. The Bertz CT molecular complexity index is 827.